The van der Waals surface area contributed by atoms with E-state index >= 15 is 0 Å². The van der Waals surface area contributed by atoms with E-state index in [4.69, 9.17) is 11.6 Å². The normalized spacial score (nSPS) is 13.5. The first-order chi connectivity index (χ1) is 10.2. The van der Waals surface area contributed by atoms with Gasteiger partial charge in [-0.15, -0.1) is 0 Å². The van der Waals surface area contributed by atoms with Crippen LogP contribution < -0.4 is 0 Å². The highest BCUT2D eigenvalue weighted by atomic mass is 35.5. The Labute approximate surface area is 137 Å². The van der Waals surface area contributed by atoms with Gasteiger partial charge in [-0.3, -0.25) is 0 Å². The van der Waals surface area contributed by atoms with E-state index in [9.17, 15) is 5.26 Å². The molecular formula is C18H20ClN3. The van der Waals surface area contributed by atoms with Crippen LogP contribution in [-0.2, 0) is 5.41 Å². The number of hydrogen-bond donors (Lipinski definition) is 0. The van der Waals surface area contributed by atoms with Gasteiger partial charge in [0.2, 0.25) is 0 Å². The molecule has 3 nitrogen and oxygen atoms in total. The molecule has 1 heterocycles. The predicted molar refractivity (Wildman–Crippen MR) is 89.2 cm³/mol. The Hall–Kier alpha value is -1.92. The summed E-state index contributed by atoms with van der Waals surface area (Å²) in [5.74, 6) is 0.578. The van der Waals surface area contributed by atoms with E-state index in [1.165, 1.54) is 5.56 Å². The number of nitrogens with zero attached hydrogens (tertiary/aromatic N) is 3. The summed E-state index contributed by atoms with van der Waals surface area (Å²) in [6.45, 7) is 11.7. The van der Waals surface area contributed by atoms with E-state index in [2.05, 4.69) is 35.1 Å². The van der Waals surface area contributed by atoms with Crippen molar-refractivity contribution in [1.29, 1.82) is 5.26 Å². The van der Waals surface area contributed by atoms with Gasteiger partial charge in [0.05, 0.1) is 11.8 Å². The molecule has 114 valence electrons. The molecule has 0 saturated heterocycles. The van der Waals surface area contributed by atoms with Gasteiger partial charge in [-0.25, -0.2) is 9.97 Å². The number of rotatable bonds is 2. The van der Waals surface area contributed by atoms with Crippen LogP contribution in [0.4, 0.5) is 0 Å². The maximum atomic E-state index is 9.96. The van der Waals surface area contributed by atoms with Gasteiger partial charge in [-0.05, 0) is 58.2 Å². The number of aryl methyl sites for hydroxylation is 4. The fraction of sp³-hybridized carbons (Fsp3) is 0.389. The number of benzene rings is 1. The molecule has 2 rings (SSSR count). The predicted octanol–water partition coefficient (Wildman–Crippen LogP) is 4.50. The van der Waals surface area contributed by atoms with E-state index in [-0.39, 0.29) is 0 Å². The van der Waals surface area contributed by atoms with Gasteiger partial charge in [-0.1, -0.05) is 29.3 Å². The molecule has 0 aliphatic carbocycles. The highest BCUT2D eigenvalue weighted by Crippen LogP contribution is 2.37. The molecule has 1 atom stereocenters. The van der Waals surface area contributed by atoms with E-state index < -0.39 is 5.41 Å². The van der Waals surface area contributed by atoms with Gasteiger partial charge >= 0.3 is 0 Å². The first-order valence-electron chi connectivity index (χ1n) is 7.21. The van der Waals surface area contributed by atoms with Gasteiger partial charge in [-0.2, -0.15) is 5.26 Å². The SMILES string of the molecule is Cc1cc(C)c(C(C)(C#N)c2nc(C)nc(Cl)c2C)c(C)c1. The van der Waals surface area contributed by atoms with Crippen LogP contribution in [-0.4, -0.2) is 9.97 Å². The molecule has 0 saturated carbocycles. The summed E-state index contributed by atoms with van der Waals surface area (Å²) in [4.78, 5) is 8.72. The zero-order chi connectivity index (χ0) is 16.7. The Morgan fingerprint density at radius 1 is 1.05 bits per heavy atom. The highest BCUT2D eigenvalue weighted by Gasteiger charge is 2.36. The minimum Gasteiger partial charge on any atom is -0.236 e. The number of aromatic nitrogens is 2. The van der Waals surface area contributed by atoms with Gasteiger partial charge < -0.3 is 0 Å². The smallest absolute Gasteiger partial charge is 0.136 e. The van der Waals surface area contributed by atoms with Crippen LogP contribution in [0.25, 0.3) is 0 Å². The minimum atomic E-state index is -0.858. The molecule has 0 radical (unpaired) electrons. The van der Waals surface area contributed by atoms with Crippen molar-refractivity contribution < 1.29 is 0 Å². The Bertz CT molecular complexity index is 767. The Balaban J connectivity index is 2.84. The van der Waals surface area contributed by atoms with Crippen molar-refractivity contribution >= 4 is 11.6 Å². The third-order valence-corrected chi connectivity index (χ3v) is 4.44. The van der Waals surface area contributed by atoms with Crippen LogP contribution in [0.2, 0.25) is 5.15 Å². The molecule has 0 N–H and O–H groups in total. The van der Waals surface area contributed by atoms with Gasteiger partial charge in [0, 0.05) is 5.56 Å². The van der Waals surface area contributed by atoms with Crippen LogP contribution >= 0.6 is 11.6 Å². The molecule has 0 amide bonds. The zero-order valence-corrected chi connectivity index (χ0v) is 14.6. The maximum absolute atomic E-state index is 9.96. The molecule has 1 unspecified atom stereocenters. The lowest BCUT2D eigenvalue weighted by atomic mass is 9.74. The molecule has 1 aromatic heterocycles. The lowest BCUT2D eigenvalue weighted by Crippen LogP contribution is -2.27. The van der Waals surface area contributed by atoms with Crippen molar-refractivity contribution in [3.8, 4) is 6.07 Å². The van der Waals surface area contributed by atoms with Gasteiger partial charge in [0.25, 0.3) is 0 Å². The van der Waals surface area contributed by atoms with Crippen molar-refractivity contribution in [2.24, 2.45) is 0 Å². The van der Waals surface area contributed by atoms with Crippen LogP contribution in [0.3, 0.4) is 0 Å². The lowest BCUT2D eigenvalue weighted by molar-refractivity contribution is 0.680. The second kappa shape index (κ2) is 5.70. The second-order valence-corrected chi connectivity index (χ2v) is 6.40. The van der Waals surface area contributed by atoms with Crippen molar-refractivity contribution in [1.82, 2.24) is 9.97 Å². The molecule has 2 aromatic rings. The first kappa shape index (κ1) is 16.5. The maximum Gasteiger partial charge on any atom is 0.136 e. The van der Waals surface area contributed by atoms with E-state index in [0.29, 0.717) is 16.7 Å². The molecule has 4 heteroatoms. The summed E-state index contributed by atoms with van der Waals surface area (Å²) in [7, 11) is 0. The summed E-state index contributed by atoms with van der Waals surface area (Å²) in [6, 6.07) is 6.66. The second-order valence-electron chi connectivity index (χ2n) is 6.05. The summed E-state index contributed by atoms with van der Waals surface area (Å²) in [5.41, 5.74) is 4.95. The van der Waals surface area contributed by atoms with Crippen molar-refractivity contribution in [3.63, 3.8) is 0 Å². The van der Waals surface area contributed by atoms with Crippen molar-refractivity contribution in [2.45, 2.75) is 47.0 Å². The summed E-state index contributed by atoms with van der Waals surface area (Å²) >= 11 is 6.21. The molecule has 22 heavy (non-hydrogen) atoms. The molecule has 1 aromatic carbocycles. The van der Waals surface area contributed by atoms with Crippen molar-refractivity contribution in [2.75, 3.05) is 0 Å². The minimum absolute atomic E-state index is 0.409. The van der Waals surface area contributed by atoms with Crippen LogP contribution in [0.15, 0.2) is 12.1 Å². The van der Waals surface area contributed by atoms with Crippen LogP contribution in [0.5, 0.6) is 0 Å². The summed E-state index contributed by atoms with van der Waals surface area (Å²) in [5, 5.41) is 10.4. The van der Waals surface area contributed by atoms with E-state index in [0.717, 1.165) is 22.3 Å². The molecule has 0 spiro atoms. The standard InChI is InChI=1S/C18H20ClN3/c1-10-7-11(2)15(12(3)8-10)18(6,9-20)16-13(4)17(19)22-14(5)21-16/h7-8H,1-6H3. The fourth-order valence-electron chi connectivity index (χ4n) is 3.28. The average molecular weight is 314 g/mol. The van der Waals surface area contributed by atoms with E-state index in [1.807, 2.05) is 27.7 Å². The summed E-state index contributed by atoms with van der Waals surface area (Å²) < 4.78 is 0. The number of halogens is 1. The fourth-order valence-corrected chi connectivity index (χ4v) is 3.49. The van der Waals surface area contributed by atoms with E-state index in [1.54, 1.807) is 6.92 Å². The first-order valence-corrected chi connectivity index (χ1v) is 7.59. The topological polar surface area (TPSA) is 49.6 Å². The Morgan fingerprint density at radius 3 is 2.09 bits per heavy atom. The number of hydrogen-bond acceptors (Lipinski definition) is 3. The Kier molecular flexibility index (Phi) is 4.26. The average Bonchev–Trinajstić information content (AvgIpc) is 2.41. The lowest BCUT2D eigenvalue weighted by Gasteiger charge is -2.28. The molecule has 0 aliphatic rings. The molecule has 0 bridgehead atoms. The monoisotopic (exact) mass is 313 g/mol. The Morgan fingerprint density at radius 2 is 1.59 bits per heavy atom. The zero-order valence-electron chi connectivity index (χ0n) is 13.9. The largest absolute Gasteiger partial charge is 0.236 e. The van der Waals surface area contributed by atoms with Crippen molar-refractivity contribution in [3.05, 3.63) is 56.6 Å². The van der Waals surface area contributed by atoms with Crippen LogP contribution in [0.1, 0.15) is 46.3 Å². The third-order valence-electron chi connectivity index (χ3n) is 4.07. The molecular weight excluding hydrogens is 294 g/mol. The molecule has 0 aliphatic heterocycles. The summed E-state index contributed by atoms with van der Waals surface area (Å²) in [6.07, 6.45) is 0. The van der Waals surface area contributed by atoms with Crippen LogP contribution in [0, 0.1) is 45.9 Å². The quantitative estimate of drug-likeness (QED) is 0.767. The molecule has 0 fully saturated rings. The van der Waals surface area contributed by atoms with Gasteiger partial charge in [0.15, 0.2) is 0 Å². The number of nitriles is 1. The van der Waals surface area contributed by atoms with Gasteiger partial charge in [0.1, 0.15) is 16.4 Å². The third kappa shape index (κ3) is 2.60. The highest BCUT2D eigenvalue weighted by molar-refractivity contribution is 6.30.